The number of rotatable bonds is 5. The molecule has 1 aromatic carbocycles. The van der Waals surface area contributed by atoms with Gasteiger partial charge in [0.2, 0.25) is 0 Å². The van der Waals surface area contributed by atoms with E-state index in [0.29, 0.717) is 22.2 Å². The molecule has 0 radical (unpaired) electrons. The van der Waals surface area contributed by atoms with Crippen LogP contribution in [0.2, 0.25) is 9.84 Å². The summed E-state index contributed by atoms with van der Waals surface area (Å²) in [4.78, 5) is 23.5. The van der Waals surface area contributed by atoms with Gasteiger partial charge in [-0.1, -0.05) is 0 Å². The zero-order chi connectivity index (χ0) is 22.6. The Morgan fingerprint density at radius 1 is 1.35 bits per heavy atom. The second kappa shape index (κ2) is 10.2. The topological polar surface area (TPSA) is 64.6 Å². The number of carbonyl (C=O) groups is 1. The van der Waals surface area contributed by atoms with Crippen LogP contribution in [-0.2, 0) is 11.3 Å². The quantitative estimate of drug-likeness (QED) is 0.554. The van der Waals surface area contributed by atoms with E-state index in [1.165, 1.54) is 12.1 Å². The summed E-state index contributed by atoms with van der Waals surface area (Å²) in [5.74, 6) is 0.110. The molecule has 0 spiro atoms. The van der Waals surface area contributed by atoms with Crippen molar-refractivity contribution < 1.29 is 18.7 Å². The molecule has 0 N–H and O–H groups in total. The summed E-state index contributed by atoms with van der Waals surface area (Å²) in [6.07, 6.45) is 3.28. The second-order valence-corrected chi connectivity index (χ2v) is 11.7. The number of piperidine rings is 1. The molecule has 0 aliphatic carbocycles. The number of aromatic nitrogens is 2. The van der Waals surface area contributed by atoms with Crippen LogP contribution in [0.15, 0.2) is 30.5 Å². The summed E-state index contributed by atoms with van der Waals surface area (Å²) >= 11 is 5.90. The summed E-state index contributed by atoms with van der Waals surface area (Å²) in [6.45, 7) is 8.46. The number of nitrogens with zero attached hydrogens (tertiary/aromatic N) is 3. The van der Waals surface area contributed by atoms with Gasteiger partial charge in [0, 0.05) is 0 Å². The van der Waals surface area contributed by atoms with Gasteiger partial charge in [0.25, 0.3) is 0 Å². The van der Waals surface area contributed by atoms with Crippen molar-refractivity contribution in [2.75, 3.05) is 6.54 Å². The molecule has 2 heterocycles. The molecule has 2 atom stereocenters. The van der Waals surface area contributed by atoms with Gasteiger partial charge in [0.05, 0.1) is 0 Å². The van der Waals surface area contributed by atoms with Crippen molar-refractivity contribution in [2.45, 2.75) is 63.6 Å². The van der Waals surface area contributed by atoms with Gasteiger partial charge in [-0.05, 0) is 0 Å². The number of amides is 1. The first-order valence-electron chi connectivity index (χ1n) is 10.2. The zero-order valence-electron chi connectivity index (χ0n) is 18.1. The summed E-state index contributed by atoms with van der Waals surface area (Å²) < 4.78 is 25.9. The van der Waals surface area contributed by atoms with Crippen LogP contribution in [0.3, 0.4) is 0 Å². The third-order valence-corrected chi connectivity index (χ3v) is 7.49. The van der Waals surface area contributed by atoms with Crippen LogP contribution in [0, 0.1) is 5.82 Å². The Labute approximate surface area is 193 Å². The molecule has 1 aliphatic rings. The van der Waals surface area contributed by atoms with Crippen molar-refractivity contribution >= 4 is 37.2 Å². The normalized spacial score (nSPS) is 19.2. The number of hydrogen-bond acceptors (Lipinski definition) is 5. The van der Waals surface area contributed by atoms with E-state index in [9.17, 15) is 9.18 Å². The van der Waals surface area contributed by atoms with Gasteiger partial charge in [-0.25, -0.2) is 0 Å². The molecule has 1 amide bonds. The Hall–Kier alpha value is -1.89. The summed E-state index contributed by atoms with van der Waals surface area (Å²) in [5, 5.41) is 0.317. The molecule has 3 rings (SSSR count). The van der Waals surface area contributed by atoms with Crippen LogP contribution in [0.25, 0.3) is 0 Å². The summed E-state index contributed by atoms with van der Waals surface area (Å²) in [7, 11) is 0. The SMILES string of the molecule is C[C@H]1C[C@@H]([Se]c2ccnc(COc3ccc(Cl)cc3F)n2)CCN1C(=O)OC(C)(C)C. The van der Waals surface area contributed by atoms with E-state index < -0.39 is 11.4 Å². The van der Waals surface area contributed by atoms with E-state index >= 15 is 0 Å². The fourth-order valence-electron chi connectivity index (χ4n) is 3.25. The molecular weight excluding hydrogens is 488 g/mol. The number of carbonyl (C=O) groups excluding carboxylic acids is 1. The van der Waals surface area contributed by atoms with E-state index in [0.717, 1.165) is 17.4 Å². The van der Waals surface area contributed by atoms with Crippen LogP contribution < -0.4 is 9.33 Å². The van der Waals surface area contributed by atoms with Crippen molar-refractivity contribution in [3.63, 3.8) is 0 Å². The number of hydrogen-bond donors (Lipinski definition) is 0. The third kappa shape index (κ3) is 7.06. The zero-order valence-corrected chi connectivity index (χ0v) is 20.6. The van der Waals surface area contributed by atoms with Crippen LogP contribution in [0.5, 0.6) is 5.75 Å². The van der Waals surface area contributed by atoms with Crippen LogP contribution >= 0.6 is 11.6 Å². The fraction of sp³-hybridized carbons (Fsp3) is 0.500. The van der Waals surface area contributed by atoms with Crippen LogP contribution in [-0.4, -0.2) is 54.1 Å². The van der Waals surface area contributed by atoms with Crippen LogP contribution in [0.1, 0.15) is 46.4 Å². The van der Waals surface area contributed by atoms with Gasteiger partial charge in [0.1, 0.15) is 0 Å². The molecule has 31 heavy (non-hydrogen) atoms. The van der Waals surface area contributed by atoms with Crippen molar-refractivity contribution in [1.82, 2.24) is 14.9 Å². The Balaban J connectivity index is 1.55. The third-order valence-electron chi connectivity index (χ3n) is 4.67. The standard InChI is InChI=1S/C22H27ClFN3O3Se/c1-14-11-16(8-10-27(14)21(28)30-22(2,3)4)31-20-7-9-25-19(26-20)13-29-18-6-5-15(23)12-17(18)24/h5-7,9,12,14,16H,8,10-11,13H2,1-4H3/t14-,16-/m0/s1. The maximum absolute atomic E-state index is 13.9. The Kier molecular flexibility index (Phi) is 7.78. The van der Waals surface area contributed by atoms with Crippen molar-refractivity contribution in [3.05, 3.63) is 47.1 Å². The van der Waals surface area contributed by atoms with E-state index in [1.807, 2.05) is 31.7 Å². The van der Waals surface area contributed by atoms with E-state index in [4.69, 9.17) is 21.1 Å². The molecule has 1 fully saturated rings. The average molecular weight is 515 g/mol. The van der Waals surface area contributed by atoms with E-state index in [-0.39, 0.29) is 39.4 Å². The molecule has 1 saturated heterocycles. The van der Waals surface area contributed by atoms with Crippen molar-refractivity contribution in [3.8, 4) is 5.75 Å². The van der Waals surface area contributed by atoms with Crippen molar-refractivity contribution in [2.24, 2.45) is 0 Å². The molecule has 1 aromatic heterocycles. The van der Waals surface area contributed by atoms with Gasteiger partial charge in [-0.15, -0.1) is 0 Å². The van der Waals surface area contributed by atoms with Crippen molar-refractivity contribution in [1.29, 1.82) is 0 Å². The maximum atomic E-state index is 13.9. The molecule has 0 saturated carbocycles. The molecule has 0 unspecified atom stereocenters. The number of halogens is 2. The molecule has 1 aliphatic heterocycles. The summed E-state index contributed by atoms with van der Waals surface area (Å²) in [6, 6.07) is 6.31. The Bertz CT molecular complexity index is 925. The predicted octanol–water partition coefficient (Wildman–Crippen LogP) is 4.39. The van der Waals surface area contributed by atoms with Gasteiger partial charge >= 0.3 is 194 Å². The average Bonchev–Trinajstić information content (AvgIpc) is 2.66. The minimum atomic E-state index is -0.515. The van der Waals surface area contributed by atoms with E-state index in [2.05, 4.69) is 16.9 Å². The first-order chi connectivity index (χ1) is 14.6. The van der Waals surface area contributed by atoms with Gasteiger partial charge in [-0.2, -0.15) is 0 Å². The molecule has 0 bridgehead atoms. The first-order valence-corrected chi connectivity index (χ1v) is 12.4. The number of likely N-dealkylation sites (tertiary alicyclic amines) is 1. The molecule has 9 heteroatoms. The molecule has 2 aromatic rings. The second-order valence-electron chi connectivity index (χ2n) is 8.46. The molecular formula is C22H27ClFN3O3Se. The minimum absolute atomic E-state index is 0.0793. The summed E-state index contributed by atoms with van der Waals surface area (Å²) in [5.41, 5.74) is -0.494. The number of benzene rings is 1. The predicted molar refractivity (Wildman–Crippen MR) is 119 cm³/mol. The van der Waals surface area contributed by atoms with Gasteiger partial charge in [-0.3, -0.25) is 0 Å². The van der Waals surface area contributed by atoms with Gasteiger partial charge < -0.3 is 0 Å². The monoisotopic (exact) mass is 515 g/mol. The molecule has 168 valence electrons. The molecule has 6 nitrogen and oxygen atoms in total. The van der Waals surface area contributed by atoms with Gasteiger partial charge in [0.15, 0.2) is 0 Å². The Morgan fingerprint density at radius 3 is 2.81 bits per heavy atom. The Morgan fingerprint density at radius 2 is 2.13 bits per heavy atom. The van der Waals surface area contributed by atoms with Crippen LogP contribution in [0.4, 0.5) is 9.18 Å². The fourth-order valence-corrected chi connectivity index (χ4v) is 6.00. The van der Waals surface area contributed by atoms with E-state index in [1.54, 1.807) is 12.3 Å². The first kappa shape index (κ1) is 23.8. The number of ether oxygens (including phenoxy) is 2.